The van der Waals surface area contributed by atoms with Gasteiger partial charge in [-0.1, -0.05) is 17.7 Å². The van der Waals surface area contributed by atoms with Gasteiger partial charge in [-0.25, -0.2) is 4.39 Å². The largest absolute Gasteiger partial charge is 0.379 e. The molecule has 1 aromatic carbocycles. The maximum atomic E-state index is 13.2. The molecule has 2 atom stereocenters. The number of ether oxygens (including phenoxy) is 1. The number of halogens is 2. The van der Waals surface area contributed by atoms with E-state index in [9.17, 15) is 4.39 Å². The molecule has 18 heavy (non-hydrogen) atoms. The summed E-state index contributed by atoms with van der Waals surface area (Å²) in [6.07, 6.45) is 0. The minimum absolute atomic E-state index is 0.0574. The first-order valence-corrected chi connectivity index (χ1v) is 6.49. The zero-order chi connectivity index (χ0) is 13.1. The van der Waals surface area contributed by atoms with Gasteiger partial charge < -0.3 is 10.5 Å². The van der Waals surface area contributed by atoms with Crippen molar-refractivity contribution in [2.75, 3.05) is 26.3 Å². The standard InChI is InChI=1S/C13H18ClFN2O/c1-9-8-18-5-4-17(9)13(7-16)10-2-3-12(15)11(14)6-10/h2-3,6,9,13H,4-5,7-8,16H2,1H3. The van der Waals surface area contributed by atoms with Gasteiger partial charge in [0.25, 0.3) is 0 Å². The van der Waals surface area contributed by atoms with E-state index in [0.717, 1.165) is 12.1 Å². The summed E-state index contributed by atoms with van der Waals surface area (Å²) in [5.74, 6) is -0.397. The highest BCUT2D eigenvalue weighted by molar-refractivity contribution is 6.30. The van der Waals surface area contributed by atoms with Crippen molar-refractivity contribution in [3.05, 3.63) is 34.6 Å². The van der Waals surface area contributed by atoms with Gasteiger partial charge in [-0.05, 0) is 24.6 Å². The molecule has 1 heterocycles. The SMILES string of the molecule is CC1COCCN1C(CN)c1ccc(F)c(Cl)c1. The van der Waals surface area contributed by atoms with E-state index in [1.807, 2.05) is 0 Å². The van der Waals surface area contributed by atoms with Crippen molar-refractivity contribution < 1.29 is 9.13 Å². The molecular weight excluding hydrogens is 255 g/mol. The highest BCUT2D eigenvalue weighted by Crippen LogP contribution is 2.27. The first kappa shape index (κ1) is 13.7. The molecule has 3 nitrogen and oxygen atoms in total. The Kier molecular flexibility index (Phi) is 4.56. The predicted octanol–water partition coefficient (Wildman–Crippen LogP) is 2.20. The molecule has 1 fully saturated rings. The summed E-state index contributed by atoms with van der Waals surface area (Å²) in [5.41, 5.74) is 6.82. The van der Waals surface area contributed by atoms with E-state index in [-0.39, 0.29) is 11.1 Å². The van der Waals surface area contributed by atoms with Crippen LogP contribution < -0.4 is 5.73 Å². The summed E-state index contributed by atoms with van der Waals surface area (Å²) in [7, 11) is 0. The van der Waals surface area contributed by atoms with Crippen molar-refractivity contribution in [3.63, 3.8) is 0 Å². The Bertz CT molecular complexity index is 416. The maximum absolute atomic E-state index is 13.2. The number of nitrogens with zero attached hydrogens (tertiary/aromatic N) is 1. The summed E-state index contributed by atoms with van der Waals surface area (Å²) in [6.45, 7) is 4.82. The van der Waals surface area contributed by atoms with Gasteiger partial charge in [0.15, 0.2) is 0 Å². The molecule has 1 aliphatic rings. The van der Waals surface area contributed by atoms with Crippen molar-refractivity contribution >= 4 is 11.6 Å². The lowest BCUT2D eigenvalue weighted by Crippen LogP contribution is -2.47. The zero-order valence-electron chi connectivity index (χ0n) is 10.4. The molecule has 2 unspecified atom stereocenters. The van der Waals surface area contributed by atoms with E-state index in [0.29, 0.717) is 25.8 Å². The fourth-order valence-electron chi connectivity index (χ4n) is 2.39. The number of morpholine rings is 1. The molecule has 1 saturated heterocycles. The molecule has 0 spiro atoms. The van der Waals surface area contributed by atoms with Crippen LogP contribution in [0.2, 0.25) is 5.02 Å². The molecule has 2 N–H and O–H groups in total. The van der Waals surface area contributed by atoms with E-state index in [1.165, 1.54) is 6.07 Å². The third-order valence-electron chi connectivity index (χ3n) is 3.37. The van der Waals surface area contributed by atoms with Crippen LogP contribution in [0.15, 0.2) is 18.2 Å². The lowest BCUT2D eigenvalue weighted by atomic mass is 10.0. The summed E-state index contributed by atoms with van der Waals surface area (Å²) >= 11 is 5.83. The van der Waals surface area contributed by atoms with Gasteiger partial charge in [0.2, 0.25) is 0 Å². The van der Waals surface area contributed by atoms with Crippen LogP contribution in [-0.4, -0.2) is 37.2 Å². The Hall–Kier alpha value is -0.680. The van der Waals surface area contributed by atoms with E-state index >= 15 is 0 Å². The lowest BCUT2D eigenvalue weighted by molar-refractivity contribution is -0.0209. The normalized spacial score (nSPS) is 23.0. The van der Waals surface area contributed by atoms with Crippen LogP contribution in [0.5, 0.6) is 0 Å². The van der Waals surface area contributed by atoms with Crippen LogP contribution >= 0.6 is 11.6 Å². The summed E-state index contributed by atoms with van der Waals surface area (Å²) in [4.78, 5) is 2.28. The van der Waals surface area contributed by atoms with Crippen LogP contribution in [0, 0.1) is 5.82 Å². The first-order chi connectivity index (χ1) is 8.63. The molecule has 0 bridgehead atoms. The van der Waals surface area contributed by atoms with E-state index in [1.54, 1.807) is 12.1 Å². The molecule has 1 aliphatic heterocycles. The monoisotopic (exact) mass is 272 g/mol. The third kappa shape index (κ3) is 2.83. The average molecular weight is 273 g/mol. The Labute approximate surface area is 112 Å². The van der Waals surface area contributed by atoms with Crippen molar-refractivity contribution in [1.29, 1.82) is 0 Å². The molecule has 5 heteroatoms. The molecule has 0 aliphatic carbocycles. The van der Waals surface area contributed by atoms with Crippen molar-refractivity contribution in [1.82, 2.24) is 4.90 Å². The molecule has 0 aromatic heterocycles. The number of hydrogen-bond acceptors (Lipinski definition) is 3. The fourth-order valence-corrected chi connectivity index (χ4v) is 2.57. The predicted molar refractivity (Wildman–Crippen MR) is 70.2 cm³/mol. The average Bonchev–Trinajstić information content (AvgIpc) is 2.37. The molecular formula is C13H18ClFN2O. The van der Waals surface area contributed by atoms with Crippen molar-refractivity contribution in [3.8, 4) is 0 Å². The maximum Gasteiger partial charge on any atom is 0.141 e. The molecule has 0 saturated carbocycles. The zero-order valence-corrected chi connectivity index (χ0v) is 11.2. The van der Waals surface area contributed by atoms with Crippen molar-refractivity contribution in [2.45, 2.75) is 19.0 Å². The van der Waals surface area contributed by atoms with E-state index < -0.39 is 5.82 Å². The number of rotatable bonds is 3. The smallest absolute Gasteiger partial charge is 0.141 e. The summed E-state index contributed by atoms with van der Waals surface area (Å²) in [5, 5.41) is 0.145. The number of hydrogen-bond donors (Lipinski definition) is 1. The topological polar surface area (TPSA) is 38.5 Å². The molecule has 100 valence electrons. The Morgan fingerprint density at radius 1 is 1.61 bits per heavy atom. The van der Waals surface area contributed by atoms with Gasteiger partial charge in [-0.2, -0.15) is 0 Å². The summed E-state index contributed by atoms with van der Waals surface area (Å²) in [6, 6.07) is 5.17. The van der Waals surface area contributed by atoms with Crippen LogP contribution in [0.4, 0.5) is 4.39 Å². The number of nitrogens with two attached hydrogens (primary N) is 1. The molecule has 2 rings (SSSR count). The van der Waals surface area contributed by atoms with Gasteiger partial charge in [0.1, 0.15) is 5.82 Å². The second-order valence-electron chi connectivity index (χ2n) is 4.59. The van der Waals surface area contributed by atoms with Crippen LogP contribution in [-0.2, 0) is 4.74 Å². The Balaban J connectivity index is 2.23. The third-order valence-corrected chi connectivity index (χ3v) is 3.66. The van der Waals surface area contributed by atoms with Crippen molar-refractivity contribution in [2.24, 2.45) is 5.73 Å². The van der Waals surface area contributed by atoms with Crippen LogP contribution in [0.25, 0.3) is 0 Å². The van der Waals surface area contributed by atoms with Crippen LogP contribution in [0.3, 0.4) is 0 Å². The molecule has 0 amide bonds. The minimum Gasteiger partial charge on any atom is -0.379 e. The molecule has 0 radical (unpaired) electrons. The minimum atomic E-state index is -0.397. The highest BCUT2D eigenvalue weighted by atomic mass is 35.5. The second kappa shape index (κ2) is 5.97. The highest BCUT2D eigenvalue weighted by Gasteiger charge is 2.27. The van der Waals surface area contributed by atoms with Gasteiger partial charge in [0.05, 0.1) is 18.2 Å². The number of benzene rings is 1. The van der Waals surface area contributed by atoms with Crippen LogP contribution in [0.1, 0.15) is 18.5 Å². The van der Waals surface area contributed by atoms with Gasteiger partial charge in [-0.15, -0.1) is 0 Å². The molecule has 1 aromatic rings. The lowest BCUT2D eigenvalue weighted by Gasteiger charge is -2.39. The fraction of sp³-hybridized carbons (Fsp3) is 0.538. The first-order valence-electron chi connectivity index (χ1n) is 6.12. The van der Waals surface area contributed by atoms with Gasteiger partial charge in [0, 0.05) is 25.2 Å². The van der Waals surface area contributed by atoms with E-state index in [2.05, 4.69) is 11.8 Å². The van der Waals surface area contributed by atoms with Gasteiger partial charge >= 0.3 is 0 Å². The summed E-state index contributed by atoms with van der Waals surface area (Å²) < 4.78 is 18.6. The van der Waals surface area contributed by atoms with Gasteiger partial charge in [-0.3, -0.25) is 4.90 Å². The Morgan fingerprint density at radius 2 is 2.39 bits per heavy atom. The second-order valence-corrected chi connectivity index (χ2v) is 4.99. The Morgan fingerprint density at radius 3 is 3.00 bits per heavy atom. The van der Waals surface area contributed by atoms with E-state index in [4.69, 9.17) is 22.1 Å². The quantitative estimate of drug-likeness (QED) is 0.917.